The molecule has 1 aliphatic rings. The van der Waals surface area contributed by atoms with Crippen molar-refractivity contribution in [3.63, 3.8) is 0 Å². The monoisotopic (exact) mass is 400 g/mol. The van der Waals surface area contributed by atoms with E-state index in [-0.39, 0.29) is 35.8 Å². The highest BCUT2D eigenvalue weighted by molar-refractivity contribution is 7.84. The summed E-state index contributed by atoms with van der Waals surface area (Å²) in [6.45, 7) is 1.48. The zero-order valence-corrected chi connectivity index (χ0v) is 14.9. The molecule has 1 aliphatic carbocycles. The molecule has 0 saturated heterocycles. The lowest BCUT2D eigenvalue weighted by Crippen LogP contribution is -2.29. The SMILES string of the molecule is C[C@@H](CNc1nonc1C(=NC1Cc2ccc(F)cc21)NO)OS(N)(=O)=O. The van der Waals surface area contributed by atoms with Gasteiger partial charge in [-0.25, -0.2) is 14.2 Å². The molecule has 2 atom stereocenters. The maximum Gasteiger partial charge on any atom is 0.333 e. The van der Waals surface area contributed by atoms with E-state index in [0.29, 0.717) is 12.0 Å². The highest BCUT2D eigenvalue weighted by Gasteiger charge is 2.28. The number of hydrogen-bond donors (Lipinski definition) is 4. The Hall–Kier alpha value is -2.61. The molecule has 13 heteroatoms. The second-order valence-corrected chi connectivity index (χ2v) is 7.07. The molecule has 11 nitrogen and oxygen atoms in total. The lowest BCUT2D eigenvalue weighted by Gasteiger charge is -2.27. The molecule has 1 unspecified atom stereocenters. The van der Waals surface area contributed by atoms with Crippen molar-refractivity contribution in [2.24, 2.45) is 10.1 Å². The van der Waals surface area contributed by atoms with Crippen LogP contribution < -0.4 is 15.9 Å². The maximum absolute atomic E-state index is 13.4. The fourth-order valence-electron chi connectivity index (χ4n) is 2.63. The largest absolute Gasteiger partial charge is 0.363 e. The fourth-order valence-corrected chi connectivity index (χ4v) is 3.15. The first kappa shape index (κ1) is 19.2. The molecule has 0 saturated carbocycles. The third-order valence-electron chi connectivity index (χ3n) is 3.84. The van der Waals surface area contributed by atoms with Crippen LogP contribution in [0.15, 0.2) is 27.8 Å². The second kappa shape index (κ2) is 7.56. The third kappa shape index (κ3) is 4.57. The van der Waals surface area contributed by atoms with Crippen molar-refractivity contribution in [2.75, 3.05) is 11.9 Å². The number of nitrogens with zero attached hydrogens (tertiary/aromatic N) is 3. The maximum atomic E-state index is 13.4. The molecule has 1 aromatic heterocycles. The standard InChI is InChI=1S/C14H17FN6O5S/c1-7(25-27(16,23)24)6-17-13-12(20-26-21-13)14(19-22)18-11-4-8-2-3-9(15)5-10(8)11/h2-3,5,7,11,22H,4,6H2,1H3,(H,17,21)(H,18,19)(H2,16,23,24)/t7-,11?/m0/s1. The normalized spacial score (nSPS) is 17.8. The van der Waals surface area contributed by atoms with E-state index in [1.54, 1.807) is 6.07 Å². The van der Waals surface area contributed by atoms with E-state index in [2.05, 4.69) is 29.4 Å². The minimum atomic E-state index is -4.10. The van der Waals surface area contributed by atoms with Gasteiger partial charge in [0.1, 0.15) is 5.82 Å². The smallest absolute Gasteiger partial charge is 0.333 e. The molecule has 146 valence electrons. The van der Waals surface area contributed by atoms with Gasteiger partial charge in [0.2, 0.25) is 5.82 Å². The molecule has 1 aromatic carbocycles. The molecule has 0 radical (unpaired) electrons. The van der Waals surface area contributed by atoms with Crippen molar-refractivity contribution in [1.29, 1.82) is 0 Å². The van der Waals surface area contributed by atoms with Crippen LogP contribution in [-0.2, 0) is 20.9 Å². The number of benzene rings is 1. The molecule has 0 bridgehead atoms. The van der Waals surface area contributed by atoms with Gasteiger partial charge in [-0.1, -0.05) is 6.07 Å². The van der Waals surface area contributed by atoms with Gasteiger partial charge in [-0.05, 0) is 46.9 Å². The van der Waals surface area contributed by atoms with Gasteiger partial charge in [0, 0.05) is 6.54 Å². The highest BCUT2D eigenvalue weighted by Crippen LogP contribution is 2.36. The number of anilines is 1. The number of amidine groups is 1. The van der Waals surface area contributed by atoms with Gasteiger partial charge in [0.25, 0.3) is 0 Å². The summed E-state index contributed by atoms with van der Waals surface area (Å²) in [5.41, 5.74) is 3.66. The molecule has 5 N–H and O–H groups in total. The molecular formula is C14H17FN6O5S. The Morgan fingerprint density at radius 2 is 2.33 bits per heavy atom. The Morgan fingerprint density at radius 1 is 1.56 bits per heavy atom. The first-order valence-electron chi connectivity index (χ1n) is 7.81. The Bertz CT molecular complexity index is 963. The number of aromatic nitrogens is 2. The van der Waals surface area contributed by atoms with Crippen LogP contribution in [0.3, 0.4) is 0 Å². The third-order valence-corrected chi connectivity index (χ3v) is 4.44. The number of nitrogens with two attached hydrogens (primary N) is 1. The van der Waals surface area contributed by atoms with Crippen LogP contribution in [0.25, 0.3) is 0 Å². The summed E-state index contributed by atoms with van der Waals surface area (Å²) < 4.78 is 44.4. The number of rotatable bonds is 7. The van der Waals surface area contributed by atoms with E-state index in [4.69, 9.17) is 5.14 Å². The Kier molecular flexibility index (Phi) is 5.36. The quantitative estimate of drug-likeness (QED) is 0.289. The number of nitrogens with one attached hydrogen (secondary N) is 2. The van der Waals surface area contributed by atoms with E-state index in [1.165, 1.54) is 19.1 Å². The van der Waals surface area contributed by atoms with Gasteiger partial charge in [0.15, 0.2) is 11.5 Å². The number of hydrogen-bond acceptors (Lipinski definition) is 9. The topological polar surface area (TPSA) is 165 Å². The summed E-state index contributed by atoms with van der Waals surface area (Å²) in [5, 5.41) is 24.3. The van der Waals surface area contributed by atoms with Crippen molar-refractivity contribution < 1.29 is 26.8 Å². The number of hydroxylamine groups is 1. The summed E-state index contributed by atoms with van der Waals surface area (Å²) in [7, 11) is -4.10. The molecule has 1 heterocycles. The van der Waals surface area contributed by atoms with Crippen LogP contribution in [0.4, 0.5) is 10.2 Å². The van der Waals surface area contributed by atoms with Gasteiger partial charge in [-0.2, -0.15) is 8.42 Å². The minimum Gasteiger partial charge on any atom is -0.363 e. The Morgan fingerprint density at radius 3 is 3.04 bits per heavy atom. The van der Waals surface area contributed by atoms with E-state index >= 15 is 0 Å². The molecule has 2 aromatic rings. The minimum absolute atomic E-state index is 0.00776. The molecule has 0 amide bonds. The van der Waals surface area contributed by atoms with Gasteiger partial charge in [-0.15, -0.1) is 0 Å². The number of halogens is 1. The van der Waals surface area contributed by atoms with Crippen LogP contribution in [0.1, 0.15) is 29.8 Å². The van der Waals surface area contributed by atoms with Crippen molar-refractivity contribution in [3.05, 3.63) is 40.8 Å². The van der Waals surface area contributed by atoms with Crippen molar-refractivity contribution in [3.8, 4) is 0 Å². The molecule has 3 rings (SSSR count). The molecule has 0 aliphatic heterocycles. The summed E-state index contributed by atoms with van der Waals surface area (Å²) in [6, 6.07) is 4.08. The average molecular weight is 400 g/mol. The van der Waals surface area contributed by atoms with Gasteiger partial charge in [-0.3, -0.25) is 19.9 Å². The summed E-state index contributed by atoms with van der Waals surface area (Å²) in [6.07, 6.45) is -0.220. The zero-order valence-electron chi connectivity index (χ0n) is 14.1. The Labute approximate surface area is 153 Å². The van der Waals surface area contributed by atoms with Crippen LogP contribution in [-0.4, -0.2) is 42.4 Å². The van der Waals surface area contributed by atoms with E-state index in [1.807, 2.05) is 5.48 Å². The lowest BCUT2D eigenvalue weighted by atomic mass is 9.83. The highest BCUT2D eigenvalue weighted by atomic mass is 32.2. The predicted molar refractivity (Wildman–Crippen MR) is 90.7 cm³/mol. The van der Waals surface area contributed by atoms with Crippen LogP contribution in [0.5, 0.6) is 0 Å². The van der Waals surface area contributed by atoms with Gasteiger partial charge >= 0.3 is 10.3 Å². The number of fused-ring (bicyclic) bond motifs is 1. The van der Waals surface area contributed by atoms with Crippen LogP contribution >= 0.6 is 0 Å². The first-order valence-corrected chi connectivity index (χ1v) is 9.28. The molecular weight excluding hydrogens is 383 g/mol. The number of aliphatic imine (C=N–C) groups is 1. The van der Waals surface area contributed by atoms with Gasteiger partial charge < -0.3 is 5.32 Å². The van der Waals surface area contributed by atoms with Crippen LogP contribution in [0, 0.1) is 5.82 Å². The second-order valence-electron chi connectivity index (χ2n) is 5.89. The predicted octanol–water partition coefficient (Wildman–Crippen LogP) is 0.252. The lowest BCUT2D eigenvalue weighted by molar-refractivity contribution is 0.232. The Balaban J connectivity index is 1.73. The zero-order chi connectivity index (χ0) is 19.6. The molecule has 27 heavy (non-hydrogen) atoms. The summed E-state index contributed by atoms with van der Waals surface area (Å²) in [5.74, 6) is -0.320. The molecule has 0 spiro atoms. The average Bonchev–Trinajstić information content (AvgIpc) is 3.03. The summed E-state index contributed by atoms with van der Waals surface area (Å²) in [4.78, 5) is 4.31. The van der Waals surface area contributed by atoms with Crippen LogP contribution in [0.2, 0.25) is 0 Å². The van der Waals surface area contributed by atoms with Crippen molar-refractivity contribution in [2.45, 2.75) is 25.5 Å². The molecule has 0 fully saturated rings. The van der Waals surface area contributed by atoms with Gasteiger partial charge in [0.05, 0.1) is 12.1 Å². The van der Waals surface area contributed by atoms with E-state index in [0.717, 1.165) is 5.56 Å². The fraction of sp³-hybridized carbons (Fsp3) is 0.357. The van der Waals surface area contributed by atoms with Crippen molar-refractivity contribution >= 4 is 22.0 Å². The van der Waals surface area contributed by atoms with E-state index < -0.39 is 16.4 Å². The first-order chi connectivity index (χ1) is 12.8. The summed E-state index contributed by atoms with van der Waals surface area (Å²) >= 11 is 0. The van der Waals surface area contributed by atoms with E-state index in [9.17, 15) is 18.0 Å². The van der Waals surface area contributed by atoms with Crippen molar-refractivity contribution in [1.82, 2.24) is 15.8 Å².